The summed E-state index contributed by atoms with van der Waals surface area (Å²) in [4.78, 5) is 4.34. The van der Waals surface area contributed by atoms with Crippen LogP contribution in [0.4, 0.5) is 0 Å². The number of aryl methyl sites for hydroxylation is 2. The van der Waals surface area contributed by atoms with Crippen molar-refractivity contribution in [2.75, 3.05) is 0 Å². The standard InChI is InChI=1S/C16H15N3/c17-9-12-2-3-14-13(8-12)4-6-16(14)5-1-7-19-11-18-10-15(16)19/h2-3,8,10-11H,1,4-7H2. The summed E-state index contributed by atoms with van der Waals surface area (Å²) in [6.07, 6.45) is 8.64. The Hall–Kier alpha value is -2.08. The van der Waals surface area contributed by atoms with Crippen molar-refractivity contribution >= 4 is 0 Å². The lowest BCUT2D eigenvalue weighted by Gasteiger charge is -2.35. The van der Waals surface area contributed by atoms with Crippen LogP contribution < -0.4 is 0 Å². The fraction of sp³-hybridized carbons (Fsp3) is 0.375. The molecule has 0 fully saturated rings. The number of nitrogens with zero attached hydrogens (tertiary/aromatic N) is 3. The van der Waals surface area contributed by atoms with Gasteiger partial charge in [0, 0.05) is 23.9 Å². The summed E-state index contributed by atoms with van der Waals surface area (Å²) in [7, 11) is 0. The zero-order chi connectivity index (χ0) is 12.9. The summed E-state index contributed by atoms with van der Waals surface area (Å²) >= 11 is 0. The molecule has 0 bridgehead atoms. The minimum absolute atomic E-state index is 0.151. The summed E-state index contributed by atoms with van der Waals surface area (Å²) in [6.45, 7) is 1.09. The molecule has 0 radical (unpaired) electrons. The fourth-order valence-corrected chi connectivity index (χ4v) is 3.92. The van der Waals surface area contributed by atoms with E-state index in [0.717, 1.165) is 24.9 Å². The zero-order valence-electron chi connectivity index (χ0n) is 10.8. The maximum atomic E-state index is 9.03. The molecule has 1 aliphatic carbocycles. The molecule has 3 heteroatoms. The lowest BCUT2D eigenvalue weighted by Crippen LogP contribution is -2.32. The van der Waals surface area contributed by atoms with Gasteiger partial charge in [-0.25, -0.2) is 4.98 Å². The average Bonchev–Trinajstić information content (AvgIpc) is 3.05. The minimum atomic E-state index is 0.151. The van der Waals surface area contributed by atoms with Gasteiger partial charge in [0.2, 0.25) is 0 Å². The maximum Gasteiger partial charge on any atom is 0.0991 e. The Bertz CT molecular complexity index is 692. The number of fused-ring (bicyclic) bond motifs is 4. The van der Waals surface area contributed by atoms with Crippen LogP contribution in [0.1, 0.15) is 41.6 Å². The average molecular weight is 249 g/mol. The third kappa shape index (κ3) is 1.34. The number of hydrogen-bond acceptors (Lipinski definition) is 2. The first-order chi connectivity index (χ1) is 9.33. The third-order valence-corrected chi connectivity index (χ3v) is 4.78. The second-order valence-corrected chi connectivity index (χ2v) is 5.64. The van der Waals surface area contributed by atoms with Crippen LogP contribution in [-0.4, -0.2) is 9.55 Å². The van der Waals surface area contributed by atoms with Crippen LogP contribution in [0, 0.1) is 11.3 Å². The Kier molecular flexibility index (Phi) is 2.11. The minimum Gasteiger partial charge on any atom is -0.334 e. The van der Waals surface area contributed by atoms with Crippen molar-refractivity contribution < 1.29 is 0 Å². The van der Waals surface area contributed by atoms with Gasteiger partial charge in [-0.3, -0.25) is 0 Å². The van der Waals surface area contributed by atoms with E-state index < -0.39 is 0 Å². The highest BCUT2D eigenvalue weighted by Gasteiger charge is 2.43. The van der Waals surface area contributed by atoms with Crippen molar-refractivity contribution in [3.05, 3.63) is 53.1 Å². The summed E-state index contributed by atoms with van der Waals surface area (Å²) in [6, 6.07) is 8.44. The molecule has 0 amide bonds. The molecule has 1 atom stereocenters. The van der Waals surface area contributed by atoms with Crippen molar-refractivity contribution in [2.24, 2.45) is 0 Å². The molecule has 1 aromatic carbocycles. The molecule has 1 spiro atoms. The van der Waals surface area contributed by atoms with E-state index in [2.05, 4.69) is 27.8 Å². The molecule has 0 saturated heterocycles. The van der Waals surface area contributed by atoms with Gasteiger partial charge in [0.25, 0.3) is 0 Å². The lowest BCUT2D eigenvalue weighted by molar-refractivity contribution is 0.361. The van der Waals surface area contributed by atoms with Crippen LogP contribution in [-0.2, 0) is 18.4 Å². The van der Waals surface area contributed by atoms with E-state index >= 15 is 0 Å². The van der Waals surface area contributed by atoms with Crippen LogP contribution in [0.2, 0.25) is 0 Å². The van der Waals surface area contributed by atoms with Gasteiger partial charge < -0.3 is 4.57 Å². The lowest BCUT2D eigenvalue weighted by atomic mass is 9.73. The number of imidazole rings is 1. The van der Waals surface area contributed by atoms with E-state index in [9.17, 15) is 0 Å². The molecule has 1 aromatic heterocycles. The number of benzene rings is 1. The fourth-order valence-electron chi connectivity index (χ4n) is 3.92. The Balaban J connectivity index is 1.92. The van der Waals surface area contributed by atoms with Crippen LogP contribution in [0.15, 0.2) is 30.7 Å². The van der Waals surface area contributed by atoms with Crippen molar-refractivity contribution in [1.29, 1.82) is 5.26 Å². The van der Waals surface area contributed by atoms with Gasteiger partial charge in [-0.2, -0.15) is 5.26 Å². The first-order valence-electron chi connectivity index (χ1n) is 6.88. The molecule has 94 valence electrons. The molecular formula is C16H15N3. The molecule has 0 N–H and O–H groups in total. The summed E-state index contributed by atoms with van der Waals surface area (Å²) in [5, 5.41) is 9.03. The molecule has 2 aromatic rings. The van der Waals surface area contributed by atoms with Gasteiger partial charge in [-0.15, -0.1) is 0 Å². The SMILES string of the molecule is N#Cc1ccc2c(c1)CCC21CCCn2cncc21. The van der Waals surface area contributed by atoms with Crippen LogP contribution >= 0.6 is 0 Å². The highest BCUT2D eigenvalue weighted by atomic mass is 15.1. The Morgan fingerprint density at radius 1 is 1.32 bits per heavy atom. The predicted octanol–water partition coefficient (Wildman–Crippen LogP) is 2.78. The van der Waals surface area contributed by atoms with Gasteiger partial charge >= 0.3 is 0 Å². The second kappa shape index (κ2) is 3.71. The topological polar surface area (TPSA) is 41.6 Å². The van der Waals surface area contributed by atoms with Crippen LogP contribution in [0.5, 0.6) is 0 Å². The smallest absolute Gasteiger partial charge is 0.0991 e. The molecule has 2 heterocycles. The largest absolute Gasteiger partial charge is 0.334 e. The van der Waals surface area contributed by atoms with Crippen LogP contribution in [0.25, 0.3) is 0 Å². The number of aromatic nitrogens is 2. The Morgan fingerprint density at radius 2 is 2.26 bits per heavy atom. The number of hydrogen-bond donors (Lipinski definition) is 0. The quantitative estimate of drug-likeness (QED) is 0.720. The highest BCUT2D eigenvalue weighted by molar-refractivity contribution is 5.49. The molecule has 1 aliphatic heterocycles. The number of rotatable bonds is 0. The van der Waals surface area contributed by atoms with Gasteiger partial charge in [-0.05, 0) is 48.9 Å². The first-order valence-corrected chi connectivity index (χ1v) is 6.88. The third-order valence-electron chi connectivity index (χ3n) is 4.78. The zero-order valence-corrected chi connectivity index (χ0v) is 10.8. The summed E-state index contributed by atoms with van der Waals surface area (Å²) in [5.74, 6) is 0. The first kappa shape index (κ1) is 10.8. The van der Waals surface area contributed by atoms with E-state index in [1.165, 1.54) is 29.7 Å². The van der Waals surface area contributed by atoms with Crippen molar-refractivity contribution in [1.82, 2.24) is 9.55 Å². The summed E-state index contributed by atoms with van der Waals surface area (Å²) in [5.41, 5.74) is 5.07. The van der Waals surface area contributed by atoms with Crippen molar-refractivity contribution in [3.8, 4) is 6.07 Å². The maximum absolute atomic E-state index is 9.03. The summed E-state index contributed by atoms with van der Waals surface area (Å²) < 4.78 is 2.30. The normalized spacial score (nSPS) is 23.9. The molecule has 1 unspecified atom stereocenters. The van der Waals surface area contributed by atoms with Gasteiger partial charge in [-0.1, -0.05) is 6.07 Å². The van der Waals surface area contributed by atoms with Crippen molar-refractivity contribution in [2.45, 2.75) is 37.6 Å². The van der Waals surface area contributed by atoms with E-state index in [1.54, 1.807) is 0 Å². The van der Waals surface area contributed by atoms with E-state index in [4.69, 9.17) is 5.26 Å². The van der Waals surface area contributed by atoms with Crippen LogP contribution in [0.3, 0.4) is 0 Å². The molecular weight excluding hydrogens is 234 g/mol. The highest BCUT2D eigenvalue weighted by Crippen LogP contribution is 2.49. The second-order valence-electron chi connectivity index (χ2n) is 5.64. The molecule has 0 saturated carbocycles. The van der Waals surface area contributed by atoms with Gasteiger partial charge in [0.15, 0.2) is 0 Å². The molecule has 3 nitrogen and oxygen atoms in total. The Morgan fingerprint density at radius 3 is 3.16 bits per heavy atom. The molecule has 2 aliphatic rings. The molecule has 4 rings (SSSR count). The van der Waals surface area contributed by atoms with Gasteiger partial charge in [0.05, 0.1) is 18.0 Å². The van der Waals surface area contributed by atoms with Crippen molar-refractivity contribution in [3.63, 3.8) is 0 Å². The van der Waals surface area contributed by atoms with E-state index in [1.807, 2.05) is 18.6 Å². The monoisotopic (exact) mass is 249 g/mol. The van der Waals surface area contributed by atoms with E-state index in [-0.39, 0.29) is 5.41 Å². The Labute approximate surface area is 112 Å². The van der Waals surface area contributed by atoms with E-state index in [0.29, 0.717) is 0 Å². The molecule has 19 heavy (non-hydrogen) atoms. The predicted molar refractivity (Wildman–Crippen MR) is 71.7 cm³/mol. The van der Waals surface area contributed by atoms with Gasteiger partial charge in [0.1, 0.15) is 0 Å². The number of nitriles is 1.